The molecule has 3 rings (SSSR count). The maximum atomic E-state index is 13.1. The fourth-order valence-corrected chi connectivity index (χ4v) is 2.81. The zero-order chi connectivity index (χ0) is 19.6. The molecule has 0 spiro atoms. The van der Waals surface area contributed by atoms with Crippen molar-refractivity contribution in [3.8, 4) is 0 Å². The Bertz CT molecular complexity index is 997. The Kier molecular flexibility index (Phi) is 4.94. The SMILES string of the molecule is CCC(C)(NC(=O)c1nn(Cc2ccc(F)cc2)c2ccccc12)C(N)=O. The van der Waals surface area contributed by atoms with Crippen molar-refractivity contribution in [2.75, 3.05) is 0 Å². The van der Waals surface area contributed by atoms with Crippen LogP contribution in [-0.4, -0.2) is 27.1 Å². The molecule has 0 saturated carbocycles. The van der Waals surface area contributed by atoms with E-state index in [1.165, 1.54) is 12.1 Å². The van der Waals surface area contributed by atoms with E-state index in [0.717, 1.165) is 11.1 Å². The Balaban J connectivity index is 1.98. The van der Waals surface area contributed by atoms with Gasteiger partial charge in [0.15, 0.2) is 5.69 Å². The van der Waals surface area contributed by atoms with Crippen LogP contribution >= 0.6 is 0 Å². The number of primary amides is 1. The molecule has 6 nitrogen and oxygen atoms in total. The van der Waals surface area contributed by atoms with Crippen molar-refractivity contribution in [1.29, 1.82) is 0 Å². The second-order valence-corrected chi connectivity index (χ2v) is 6.65. The van der Waals surface area contributed by atoms with Crippen molar-refractivity contribution >= 4 is 22.7 Å². The molecular weight excluding hydrogens is 347 g/mol. The highest BCUT2D eigenvalue weighted by atomic mass is 19.1. The minimum Gasteiger partial charge on any atom is -0.368 e. The number of nitrogens with zero attached hydrogens (tertiary/aromatic N) is 2. The number of halogens is 1. The van der Waals surface area contributed by atoms with Crippen LogP contribution in [0.15, 0.2) is 48.5 Å². The first-order chi connectivity index (χ1) is 12.8. The summed E-state index contributed by atoms with van der Waals surface area (Å²) in [5.74, 6) is -1.38. The van der Waals surface area contributed by atoms with Gasteiger partial charge in [-0.2, -0.15) is 5.10 Å². The summed E-state index contributed by atoms with van der Waals surface area (Å²) in [6, 6.07) is 13.4. The number of hydrogen-bond donors (Lipinski definition) is 2. The molecule has 1 aromatic heterocycles. The van der Waals surface area contributed by atoms with Crippen molar-refractivity contribution in [2.24, 2.45) is 5.73 Å². The third kappa shape index (κ3) is 3.67. The summed E-state index contributed by atoms with van der Waals surface area (Å²) in [5.41, 5.74) is 6.11. The van der Waals surface area contributed by atoms with Gasteiger partial charge in [-0.1, -0.05) is 37.3 Å². The number of hydrogen-bond acceptors (Lipinski definition) is 3. The van der Waals surface area contributed by atoms with Gasteiger partial charge in [0, 0.05) is 5.39 Å². The van der Waals surface area contributed by atoms with E-state index in [2.05, 4.69) is 10.4 Å². The highest BCUT2D eigenvalue weighted by molar-refractivity contribution is 6.06. The number of rotatable bonds is 6. The van der Waals surface area contributed by atoms with Gasteiger partial charge in [-0.3, -0.25) is 14.3 Å². The van der Waals surface area contributed by atoms with Crippen molar-refractivity contribution < 1.29 is 14.0 Å². The summed E-state index contributed by atoms with van der Waals surface area (Å²) in [5, 5.41) is 7.81. The lowest BCUT2D eigenvalue weighted by atomic mass is 9.98. The maximum Gasteiger partial charge on any atom is 0.273 e. The molecule has 1 heterocycles. The van der Waals surface area contributed by atoms with E-state index < -0.39 is 17.4 Å². The van der Waals surface area contributed by atoms with Crippen molar-refractivity contribution in [3.63, 3.8) is 0 Å². The summed E-state index contributed by atoms with van der Waals surface area (Å²) in [6.45, 7) is 3.75. The Morgan fingerprint density at radius 2 is 1.85 bits per heavy atom. The van der Waals surface area contributed by atoms with Crippen LogP contribution < -0.4 is 11.1 Å². The molecule has 0 fully saturated rings. The number of amides is 2. The molecular formula is C20H21FN4O2. The Morgan fingerprint density at radius 3 is 2.48 bits per heavy atom. The van der Waals surface area contributed by atoms with Crippen LogP contribution in [0.2, 0.25) is 0 Å². The van der Waals surface area contributed by atoms with Crippen molar-refractivity contribution in [2.45, 2.75) is 32.4 Å². The van der Waals surface area contributed by atoms with Gasteiger partial charge in [0.1, 0.15) is 11.4 Å². The lowest BCUT2D eigenvalue weighted by molar-refractivity contribution is -0.123. The van der Waals surface area contributed by atoms with E-state index in [-0.39, 0.29) is 11.5 Å². The van der Waals surface area contributed by atoms with E-state index >= 15 is 0 Å². The number of nitrogens with two attached hydrogens (primary N) is 1. The van der Waals surface area contributed by atoms with Crippen LogP contribution in [-0.2, 0) is 11.3 Å². The van der Waals surface area contributed by atoms with E-state index in [1.54, 1.807) is 36.7 Å². The molecule has 0 radical (unpaired) electrons. The van der Waals surface area contributed by atoms with Crippen LogP contribution in [0.4, 0.5) is 4.39 Å². The number of carbonyl (C=O) groups is 2. The normalized spacial score (nSPS) is 13.3. The van der Waals surface area contributed by atoms with Gasteiger partial charge >= 0.3 is 0 Å². The van der Waals surface area contributed by atoms with Gasteiger partial charge < -0.3 is 11.1 Å². The van der Waals surface area contributed by atoms with Crippen molar-refractivity contribution in [1.82, 2.24) is 15.1 Å². The predicted octanol–water partition coefficient (Wildman–Crippen LogP) is 2.61. The molecule has 2 aromatic carbocycles. The molecule has 1 atom stereocenters. The molecule has 0 saturated heterocycles. The number of fused-ring (bicyclic) bond motifs is 1. The average molecular weight is 368 g/mol. The molecule has 2 amide bonds. The van der Waals surface area contributed by atoms with Gasteiger partial charge in [0.05, 0.1) is 12.1 Å². The zero-order valence-electron chi connectivity index (χ0n) is 15.2. The minimum absolute atomic E-state index is 0.216. The average Bonchev–Trinajstić information content (AvgIpc) is 3.02. The Hall–Kier alpha value is -3.22. The lowest BCUT2D eigenvalue weighted by Gasteiger charge is -2.25. The number of benzene rings is 2. The molecule has 3 aromatic rings. The third-order valence-electron chi connectivity index (χ3n) is 4.76. The van der Waals surface area contributed by atoms with Gasteiger partial charge in [-0.15, -0.1) is 0 Å². The highest BCUT2D eigenvalue weighted by Crippen LogP contribution is 2.21. The second kappa shape index (κ2) is 7.19. The van der Waals surface area contributed by atoms with E-state index in [9.17, 15) is 14.0 Å². The van der Waals surface area contributed by atoms with Crippen LogP contribution in [0.1, 0.15) is 36.3 Å². The predicted molar refractivity (Wildman–Crippen MR) is 101 cm³/mol. The second-order valence-electron chi connectivity index (χ2n) is 6.65. The molecule has 27 heavy (non-hydrogen) atoms. The molecule has 140 valence electrons. The fourth-order valence-electron chi connectivity index (χ4n) is 2.81. The fraction of sp³-hybridized carbons (Fsp3) is 0.250. The Morgan fingerprint density at radius 1 is 1.19 bits per heavy atom. The van der Waals surface area contributed by atoms with Crippen LogP contribution in [0.3, 0.4) is 0 Å². The van der Waals surface area contributed by atoms with Crippen molar-refractivity contribution in [3.05, 3.63) is 65.6 Å². The minimum atomic E-state index is -1.15. The van der Waals surface area contributed by atoms with Crippen LogP contribution in [0, 0.1) is 5.82 Å². The van der Waals surface area contributed by atoms with Crippen LogP contribution in [0.25, 0.3) is 10.9 Å². The molecule has 1 unspecified atom stereocenters. The van der Waals surface area contributed by atoms with E-state index in [1.807, 2.05) is 18.2 Å². The summed E-state index contributed by atoms with van der Waals surface area (Å²) in [7, 11) is 0. The molecule has 7 heteroatoms. The van der Waals surface area contributed by atoms with Gasteiger partial charge in [-0.25, -0.2) is 4.39 Å². The molecule has 0 bridgehead atoms. The quantitative estimate of drug-likeness (QED) is 0.701. The first kappa shape index (κ1) is 18.6. The molecule has 0 aliphatic rings. The van der Waals surface area contributed by atoms with E-state index in [0.29, 0.717) is 18.4 Å². The number of para-hydroxylation sites is 1. The van der Waals surface area contributed by atoms with Gasteiger partial charge in [0.2, 0.25) is 5.91 Å². The largest absolute Gasteiger partial charge is 0.368 e. The van der Waals surface area contributed by atoms with Gasteiger partial charge in [-0.05, 0) is 37.1 Å². The molecule has 0 aliphatic carbocycles. The monoisotopic (exact) mass is 368 g/mol. The third-order valence-corrected chi connectivity index (χ3v) is 4.76. The summed E-state index contributed by atoms with van der Waals surface area (Å²) in [6.07, 6.45) is 0.363. The number of aromatic nitrogens is 2. The zero-order valence-corrected chi connectivity index (χ0v) is 15.2. The molecule has 3 N–H and O–H groups in total. The topological polar surface area (TPSA) is 90.0 Å². The number of carbonyl (C=O) groups excluding carboxylic acids is 2. The maximum absolute atomic E-state index is 13.1. The summed E-state index contributed by atoms with van der Waals surface area (Å²) < 4.78 is 14.8. The lowest BCUT2D eigenvalue weighted by Crippen LogP contribution is -2.55. The molecule has 0 aliphatic heterocycles. The summed E-state index contributed by atoms with van der Waals surface area (Å²) in [4.78, 5) is 24.5. The first-order valence-electron chi connectivity index (χ1n) is 8.66. The van der Waals surface area contributed by atoms with E-state index in [4.69, 9.17) is 5.73 Å². The van der Waals surface area contributed by atoms with Gasteiger partial charge in [0.25, 0.3) is 5.91 Å². The Labute approximate surface area is 156 Å². The highest BCUT2D eigenvalue weighted by Gasteiger charge is 2.32. The standard InChI is InChI=1S/C20H21FN4O2/c1-3-20(2,19(22)27)23-18(26)17-15-6-4-5-7-16(15)25(24-17)12-13-8-10-14(21)11-9-13/h4-11H,3,12H2,1-2H3,(H2,22,27)(H,23,26). The summed E-state index contributed by atoms with van der Waals surface area (Å²) >= 11 is 0. The number of nitrogens with one attached hydrogen (secondary N) is 1. The van der Waals surface area contributed by atoms with Crippen LogP contribution in [0.5, 0.6) is 0 Å². The smallest absolute Gasteiger partial charge is 0.273 e. The first-order valence-corrected chi connectivity index (χ1v) is 8.66.